The second-order valence-electron chi connectivity index (χ2n) is 3.12. The number of fused-ring (bicyclic) bond motifs is 1. The van der Waals surface area contributed by atoms with Crippen molar-refractivity contribution >= 4 is 17.0 Å². The quantitative estimate of drug-likeness (QED) is 0.408. The lowest BCUT2D eigenvalue weighted by atomic mass is 10.3. The molecule has 4 N–H and O–H groups in total. The molecule has 0 radical (unpaired) electrons. The molecule has 0 saturated carbocycles. The molecule has 0 aliphatic rings. The van der Waals surface area contributed by atoms with Crippen LogP contribution in [0, 0.1) is 0 Å². The van der Waals surface area contributed by atoms with E-state index in [1.54, 1.807) is 6.08 Å². The van der Waals surface area contributed by atoms with Crippen molar-refractivity contribution in [1.29, 1.82) is 0 Å². The van der Waals surface area contributed by atoms with Gasteiger partial charge in [-0.05, 0) is 12.1 Å². The van der Waals surface area contributed by atoms with E-state index in [2.05, 4.69) is 6.58 Å². The summed E-state index contributed by atoms with van der Waals surface area (Å²) in [6, 6.07) is 7.81. The SMILES string of the molecule is C=CC[n+]1c(N)n(N)c2ccccc21. The van der Waals surface area contributed by atoms with Crippen LogP contribution in [0.5, 0.6) is 0 Å². The fourth-order valence-corrected chi connectivity index (χ4v) is 1.59. The molecular weight excluding hydrogens is 176 g/mol. The summed E-state index contributed by atoms with van der Waals surface area (Å²) in [6.07, 6.45) is 1.79. The van der Waals surface area contributed by atoms with Crippen LogP contribution in [0.2, 0.25) is 0 Å². The summed E-state index contributed by atoms with van der Waals surface area (Å²) in [5.74, 6) is 6.34. The first-order chi connectivity index (χ1) is 6.75. The zero-order chi connectivity index (χ0) is 10.1. The summed E-state index contributed by atoms with van der Waals surface area (Å²) in [5.41, 5.74) is 7.80. The fourth-order valence-electron chi connectivity index (χ4n) is 1.59. The summed E-state index contributed by atoms with van der Waals surface area (Å²) in [4.78, 5) is 0. The van der Waals surface area contributed by atoms with E-state index in [0.717, 1.165) is 11.0 Å². The van der Waals surface area contributed by atoms with Crippen molar-refractivity contribution in [3.05, 3.63) is 36.9 Å². The van der Waals surface area contributed by atoms with Crippen LogP contribution < -0.4 is 16.1 Å². The molecule has 0 atom stereocenters. The Morgan fingerprint density at radius 2 is 2.14 bits per heavy atom. The second kappa shape index (κ2) is 3.06. The van der Waals surface area contributed by atoms with Crippen LogP contribution in [0.15, 0.2) is 36.9 Å². The van der Waals surface area contributed by atoms with Crippen LogP contribution in [0.25, 0.3) is 11.0 Å². The van der Waals surface area contributed by atoms with Crippen molar-refractivity contribution in [3.63, 3.8) is 0 Å². The van der Waals surface area contributed by atoms with Gasteiger partial charge >= 0.3 is 5.95 Å². The van der Waals surface area contributed by atoms with Crippen LogP contribution in [-0.2, 0) is 6.54 Å². The summed E-state index contributed by atoms with van der Waals surface area (Å²) >= 11 is 0. The minimum Gasteiger partial charge on any atom is -0.289 e. The smallest absolute Gasteiger partial charge is 0.289 e. The molecule has 0 amide bonds. The highest BCUT2D eigenvalue weighted by Gasteiger charge is 2.17. The molecule has 4 nitrogen and oxygen atoms in total. The van der Waals surface area contributed by atoms with E-state index in [1.165, 1.54) is 4.68 Å². The van der Waals surface area contributed by atoms with Crippen molar-refractivity contribution in [2.45, 2.75) is 6.54 Å². The molecule has 0 aliphatic carbocycles. The number of aromatic nitrogens is 2. The lowest BCUT2D eigenvalue weighted by Crippen LogP contribution is -2.36. The van der Waals surface area contributed by atoms with Gasteiger partial charge in [-0.3, -0.25) is 11.6 Å². The molecule has 2 rings (SSSR count). The number of anilines is 1. The van der Waals surface area contributed by atoms with Gasteiger partial charge in [0.05, 0.1) is 6.54 Å². The van der Waals surface area contributed by atoms with Crippen molar-refractivity contribution < 1.29 is 4.57 Å². The minimum absolute atomic E-state index is 0.533. The summed E-state index contributed by atoms with van der Waals surface area (Å²) < 4.78 is 3.40. The number of allylic oxidation sites excluding steroid dienone is 1. The van der Waals surface area contributed by atoms with Gasteiger partial charge in [0.1, 0.15) is 5.52 Å². The highest BCUT2D eigenvalue weighted by molar-refractivity contribution is 5.73. The predicted octanol–water partition coefficient (Wildman–Crippen LogP) is 0.411. The maximum atomic E-state index is 5.85. The molecular formula is C10H13N4+. The first-order valence-electron chi connectivity index (χ1n) is 4.40. The molecule has 0 spiro atoms. The van der Waals surface area contributed by atoms with Gasteiger partial charge in [0.25, 0.3) is 0 Å². The van der Waals surface area contributed by atoms with Gasteiger partial charge in [-0.2, -0.15) is 0 Å². The normalized spacial score (nSPS) is 10.6. The molecule has 0 unspecified atom stereocenters. The van der Waals surface area contributed by atoms with Crippen LogP contribution >= 0.6 is 0 Å². The van der Waals surface area contributed by atoms with Gasteiger partial charge < -0.3 is 0 Å². The van der Waals surface area contributed by atoms with Crippen molar-refractivity contribution in [2.75, 3.05) is 11.6 Å². The third kappa shape index (κ3) is 1.04. The number of nitrogen functional groups attached to an aromatic ring is 2. The molecule has 0 aliphatic heterocycles. The van der Waals surface area contributed by atoms with Crippen molar-refractivity contribution in [1.82, 2.24) is 4.68 Å². The maximum Gasteiger partial charge on any atom is 0.378 e. The highest BCUT2D eigenvalue weighted by Crippen LogP contribution is 2.12. The molecule has 0 saturated heterocycles. The Kier molecular flexibility index (Phi) is 1.89. The lowest BCUT2D eigenvalue weighted by molar-refractivity contribution is -0.646. The van der Waals surface area contributed by atoms with Gasteiger partial charge in [-0.25, -0.2) is 4.57 Å². The highest BCUT2D eigenvalue weighted by atomic mass is 15.4. The molecule has 1 heterocycles. The number of rotatable bonds is 2. The molecule has 4 heteroatoms. The van der Waals surface area contributed by atoms with Gasteiger partial charge in [0.2, 0.25) is 0 Å². The average Bonchev–Trinajstić information content (AvgIpc) is 2.45. The maximum absolute atomic E-state index is 5.85. The van der Waals surface area contributed by atoms with Crippen molar-refractivity contribution in [2.24, 2.45) is 0 Å². The number of nitrogens with two attached hydrogens (primary N) is 2. The van der Waals surface area contributed by atoms with E-state index < -0.39 is 0 Å². The standard InChI is InChI=1S/C10H12N4/c1-2-7-13-8-5-3-4-6-9(8)14(12)10(13)11/h2-6,11H,1,7,12H2/p+1. The molecule has 0 fully saturated rings. The zero-order valence-electron chi connectivity index (χ0n) is 7.85. The monoisotopic (exact) mass is 189 g/mol. The Morgan fingerprint density at radius 3 is 2.86 bits per heavy atom. The molecule has 2 aromatic rings. The Hall–Kier alpha value is -1.97. The van der Waals surface area contributed by atoms with E-state index >= 15 is 0 Å². The third-order valence-corrected chi connectivity index (χ3v) is 2.27. The molecule has 1 aromatic carbocycles. The van der Waals surface area contributed by atoms with Gasteiger partial charge in [0.15, 0.2) is 5.52 Å². The number of benzene rings is 1. The van der Waals surface area contributed by atoms with E-state index in [9.17, 15) is 0 Å². The first-order valence-corrected chi connectivity index (χ1v) is 4.40. The Balaban J connectivity index is 2.80. The number of hydrogen-bond donors (Lipinski definition) is 2. The minimum atomic E-state index is 0.533. The van der Waals surface area contributed by atoms with Gasteiger partial charge in [-0.15, -0.1) is 4.68 Å². The van der Waals surface area contributed by atoms with Crippen LogP contribution in [0.4, 0.5) is 5.95 Å². The van der Waals surface area contributed by atoms with E-state index in [0.29, 0.717) is 12.5 Å². The predicted molar refractivity (Wildman–Crippen MR) is 56.9 cm³/mol. The van der Waals surface area contributed by atoms with E-state index in [-0.39, 0.29) is 0 Å². The van der Waals surface area contributed by atoms with Crippen LogP contribution in [0.3, 0.4) is 0 Å². The summed E-state index contributed by atoms with van der Waals surface area (Å²) in [6.45, 7) is 4.35. The molecule has 1 aromatic heterocycles. The average molecular weight is 189 g/mol. The molecule has 14 heavy (non-hydrogen) atoms. The Labute approximate surface area is 82.0 Å². The second-order valence-corrected chi connectivity index (χ2v) is 3.12. The van der Waals surface area contributed by atoms with Crippen LogP contribution in [-0.4, -0.2) is 4.68 Å². The zero-order valence-corrected chi connectivity index (χ0v) is 7.85. The van der Waals surface area contributed by atoms with E-state index in [4.69, 9.17) is 11.6 Å². The van der Waals surface area contributed by atoms with Gasteiger partial charge in [0, 0.05) is 0 Å². The van der Waals surface area contributed by atoms with Crippen molar-refractivity contribution in [3.8, 4) is 0 Å². The number of hydrogen-bond acceptors (Lipinski definition) is 2. The van der Waals surface area contributed by atoms with E-state index in [1.807, 2.05) is 28.8 Å². The lowest BCUT2D eigenvalue weighted by Gasteiger charge is -1.93. The van der Waals surface area contributed by atoms with Crippen LogP contribution in [0.1, 0.15) is 0 Å². The summed E-state index contributed by atoms with van der Waals surface area (Å²) in [7, 11) is 0. The summed E-state index contributed by atoms with van der Waals surface area (Å²) in [5, 5.41) is 0. The Morgan fingerprint density at radius 1 is 1.43 bits per heavy atom. The van der Waals surface area contributed by atoms with Gasteiger partial charge in [-0.1, -0.05) is 24.8 Å². The topological polar surface area (TPSA) is 60.8 Å². The number of nitrogens with zero attached hydrogens (tertiary/aromatic N) is 2. The number of imidazole rings is 1. The fraction of sp³-hybridized carbons (Fsp3) is 0.100. The number of para-hydroxylation sites is 2. The Bertz CT molecular complexity index is 484. The largest absolute Gasteiger partial charge is 0.378 e. The molecule has 0 bridgehead atoms. The first kappa shape index (κ1) is 8.62. The third-order valence-electron chi connectivity index (χ3n) is 2.27. The molecule has 72 valence electrons.